The molecule has 0 aliphatic carbocycles. The molecule has 1 aliphatic rings. The summed E-state index contributed by atoms with van der Waals surface area (Å²) in [6.45, 7) is 3.73. The minimum absolute atomic E-state index is 0.114. The van der Waals surface area contributed by atoms with Gasteiger partial charge in [-0.25, -0.2) is 9.18 Å². The van der Waals surface area contributed by atoms with Crippen molar-refractivity contribution in [2.24, 2.45) is 5.73 Å². The average Bonchev–Trinajstić information content (AvgIpc) is 3.43. The number of ketones is 1. The predicted molar refractivity (Wildman–Crippen MR) is 119 cm³/mol. The Morgan fingerprint density at radius 1 is 1.30 bits per heavy atom. The van der Waals surface area contributed by atoms with Crippen molar-refractivity contribution in [3.63, 3.8) is 0 Å². The van der Waals surface area contributed by atoms with Crippen molar-refractivity contribution >= 4 is 33.8 Å². The third kappa shape index (κ3) is 5.16. The first kappa shape index (κ1) is 22.8. The zero-order chi connectivity index (χ0) is 23.5. The summed E-state index contributed by atoms with van der Waals surface area (Å²) in [5.74, 6) is -1.04. The number of Topliss-reactive ketones (excluding diaryl/α,β-unsaturated/α-hetero) is 1. The van der Waals surface area contributed by atoms with Gasteiger partial charge in [-0.05, 0) is 24.6 Å². The number of piperazine rings is 1. The molecule has 1 atom stereocenters. The minimum Gasteiger partial charge on any atom is -0.367 e. The number of halogens is 1. The van der Waals surface area contributed by atoms with Crippen LogP contribution in [0.3, 0.4) is 0 Å². The van der Waals surface area contributed by atoms with Crippen LogP contribution in [-0.4, -0.2) is 64.3 Å². The number of amides is 1. The van der Waals surface area contributed by atoms with Gasteiger partial charge in [-0.2, -0.15) is 4.74 Å². The molecule has 1 amide bonds. The van der Waals surface area contributed by atoms with E-state index in [9.17, 15) is 18.8 Å². The van der Waals surface area contributed by atoms with Gasteiger partial charge in [0, 0.05) is 26.2 Å². The van der Waals surface area contributed by atoms with Gasteiger partial charge in [0.15, 0.2) is 11.9 Å². The standard InChI is InChI=1S/C20H22FN7O4S/c1-12(29)18(22)28-9-14(19(31)32-28)13-2-3-16(15(21)8-13)27-6-4-26(5-7-27)10-17(30)24-20-25-23-11-33-20/h2-3,8-9,11,18H,4-7,10,22H2,1H3,(H,24,25,30). The molecule has 3 N–H and O–H groups in total. The molecule has 3 aromatic rings. The number of nitrogens with one attached hydrogen (secondary N) is 1. The highest BCUT2D eigenvalue weighted by Gasteiger charge is 2.23. The van der Waals surface area contributed by atoms with Crippen LogP contribution in [0, 0.1) is 5.82 Å². The Bertz CT molecular complexity index is 1200. The average molecular weight is 476 g/mol. The van der Waals surface area contributed by atoms with E-state index in [-0.39, 0.29) is 23.8 Å². The molecule has 0 radical (unpaired) electrons. The Morgan fingerprint density at radius 3 is 2.70 bits per heavy atom. The SMILES string of the molecule is CC(=O)C(N)n1cc(-c2ccc(N3CCN(CC(=O)Nc4nncs4)CC3)c(F)c2)c(=O)o1. The monoisotopic (exact) mass is 475 g/mol. The molecule has 2 aromatic heterocycles. The maximum Gasteiger partial charge on any atom is 0.365 e. The molecule has 0 bridgehead atoms. The number of aromatic nitrogens is 3. The lowest BCUT2D eigenvalue weighted by Crippen LogP contribution is -2.48. The number of carbonyl (C=O) groups is 2. The lowest BCUT2D eigenvalue weighted by atomic mass is 10.1. The number of nitrogens with two attached hydrogens (primary N) is 1. The van der Waals surface area contributed by atoms with Crippen LogP contribution < -0.4 is 21.6 Å². The summed E-state index contributed by atoms with van der Waals surface area (Å²) in [5, 5.41) is 10.6. The number of hydrogen-bond acceptors (Lipinski definition) is 10. The number of rotatable bonds is 7. The molecular weight excluding hydrogens is 453 g/mol. The number of benzene rings is 1. The van der Waals surface area contributed by atoms with Crippen molar-refractivity contribution in [1.82, 2.24) is 19.8 Å². The van der Waals surface area contributed by atoms with E-state index < -0.39 is 17.6 Å². The summed E-state index contributed by atoms with van der Waals surface area (Å²) in [6, 6.07) is 4.48. The molecule has 174 valence electrons. The van der Waals surface area contributed by atoms with E-state index in [0.717, 1.165) is 4.74 Å². The zero-order valence-corrected chi connectivity index (χ0v) is 18.5. The summed E-state index contributed by atoms with van der Waals surface area (Å²) < 4.78 is 20.9. The molecule has 1 saturated heterocycles. The van der Waals surface area contributed by atoms with E-state index in [4.69, 9.17) is 10.3 Å². The maximum atomic E-state index is 14.9. The molecule has 13 heteroatoms. The second-order valence-electron chi connectivity index (χ2n) is 7.56. The second kappa shape index (κ2) is 9.60. The number of anilines is 2. The van der Waals surface area contributed by atoms with Gasteiger partial charge < -0.3 is 15.2 Å². The van der Waals surface area contributed by atoms with Crippen molar-refractivity contribution in [2.45, 2.75) is 13.1 Å². The second-order valence-corrected chi connectivity index (χ2v) is 8.39. The predicted octanol–water partition coefficient (Wildman–Crippen LogP) is 0.906. The first-order chi connectivity index (χ1) is 15.8. The molecule has 1 unspecified atom stereocenters. The molecule has 1 aliphatic heterocycles. The fourth-order valence-electron chi connectivity index (χ4n) is 3.53. The number of hydrogen-bond donors (Lipinski definition) is 2. The summed E-state index contributed by atoms with van der Waals surface area (Å²) in [7, 11) is 0. The molecule has 11 nitrogen and oxygen atoms in total. The van der Waals surface area contributed by atoms with Gasteiger partial charge >= 0.3 is 5.63 Å². The molecule has 1 aromatic carbocycles. The van der Waals surface area contributed by atoms with E-state index in [1.54, 1.807) is 12.1 Å². The lowest BCUT2D eigenvalue weighted by Gasteiger charge is -2.35. The summed E-state index contributed by atoms with van der Waals surface area (Å²) >= 11 is 1.25. The number of nitrogens with zero attached hydrogens (tertiary/aromatic N) is 5. The molecule has 3 heterocycles. The summed E-state index contributed by atoms with van der Waals surface area (Å²) in [6.07, 6.45) is 0.182. The van der Waals surface area contributed by atoms with E-state index in [2.05, 4.69) is 15.5 Å². The van der Waals surface area contributed by atoms with Gasteiger partial charge in [0.2, 0.25) is 11.0 Å². The largest absolute Gasteiger partial charge is 0.367 e. The molecule has 4 rings (SSSR count). The van der Waals surface area contributed by atoms with Crippen LogP contribution >= 0.6 is 11.3 Å². The molecular formula is C20H22FN7O4S. The van der Waals surface area contributed by atoms with E-state index in [0.29, 0.717) is 42.6 Å². The Balaban J connectivity index is 1.39. The van der Waals surface area contributed by atoms with Crippen molar-refractivity contribution in [3.05, 3.63) is 46.1 Å². The van der Waals surface area contributed by atoms with Gasteiger partial charge in [0.25, 0.3) is 0 Å². The highest BCUT2D eigenvalue weighted by molar-refractivity contribution is 7.13. The summed E-state index contributed by atoms with van der Waals surface area (Å²) in [5.41, 5.74) is 7.36. The van der Waals surface area contributed by atoms with Crippen LogP contribution in [-0.2, 0) is 9.59 Å². The maximum absolute atomic E-state index is 14.9. The molecule has 1 fully saturated rings. The lowest BCUT2D eigenvalue weighted by molar-refractivity contribution is -0.121. The Morgan fingerprint density at radius 2 is 2.06 bits per heavy atom. The van der Waals surface area contributed by atoms with E-state index in [1.807, 2.05) is 9.80 Å². The summed E-state index contributed by atoms with van der Waals surface area (Å²) in [4.78, 5) is 39.6. The first-order valence-corrected chi connectivity index (χ1v) is 11.0. The van der Waals surface area contributed by atoms with Gasteiger partial charge in [-0.15, -0.1) is 10.2 Å². The van der Waals surface area contributed by atoms with Crippen LogP contribution in [0.1, 0.15) is 13.1 Å². The normalized spacial score (nSPS) is 15.4. The molecule has 33 heavy (non-hydrogen) atoms. The molecule has 0 spiro atoms. The number of carbonyl (C=O) groups excluding carboxylic acids is 2. The van der Waals surface area contributed by atoms with Crippen LogP contribution in [0.25, 0.3) is 11.1 Å². The Hall–Kier alpha value is -3.42. The third-order valence-electron chi connectivity index (χ3n) is 5.30. The minimum atomic E-state index is -1.12. The van der Waals surface area contributed by atoms with Crippen molar-refractivity contribution in [3.8, 4) is 11.1 Å². The van der Waals surface area contributed by atoms with E-state index >= 15 is 0 Å². The fraction of sp³-hybridized carbons (Fsp3) is 0.350. The smallest absolute Gasteiger partial charge is 0.365 e. The third-order valence-corrected chi connectivity index (χ3v) is 5.91. The van der Waals surface area contributed by atoms with Gasteiger partial charge in [0.05, 0.1) is 24.0 Å². The highest BCUT2D eigenvalue weighted by Crippen LogP contribution is 2.26. The van der Waals surface area contributed by atoms with Gasteiger partial charge in [0.1, 0.15) is 11.3 Å². The quantitative estimate of drug-likeness (QED) is 0.510. The Kier molecular flexibility index (Phi) is 6.62. The van der Waals surface area contributed by atoms with E-state index in [1.165, 1.54) is 36.0 Å². The van der Waals surface area contributed by atoms with Crippen molar-refractivity contribution < 1.29 is 18.5 Å². The first-order valence-electron chi connectivity index (χ1n) is 10.1. The highest BCUT2D eigenvalue weighted by atomic mass is 32.1. The van der Waals surface area contributed by atoms with Crippen LogP contribution in [0.2, 0.25) is 0 Å². The van der Waals surface area contributed by atoms with Crippen LogP contribution in [0.5, 0.6) is 0 Å². The van der Waals surface area contributed by atoms with Gasteiger partial charge in [-0.3, -0.25) is 19.8 Å². The zero-order valence-electron chi connectivity index (χ0n) is 17.7. The molecule has 0 saturated carbocycles. The van der Waals surface area contributed by atoms with Crippen LogP contribution in [0.4, 0.5) is 15.2 Å². The topological polar surface area (TPSA) is 140 Å². The van der Waals surface area contributed by atoms with Crippen molar-refractivity contribution in [1.29, 1.82) is 0 Å². The van der Waals surface area contributed by atoms with Gasteiger partial charge in [-0.1, -0.05) is 17.4 Å². The van der Waals surface area contributed by atoms with Crippen LogP contribution in [0.15, 0.2) is 39.2 Å². The fourth-order valence-corrected chi connectivity index (χ4v) is 3.99. The Labute approximate surface area is 191 Å². The van der Waals surface area contributed by atoms with Crippen molar-refractivity contribution in [2.75, 3.05) is 42.9 Å².